The van der Waals surface area contributed by atoms with E-state index in [4.69, 9.17) is 10.8 Å². The zero-order chi connectivity index (χ0) is 11.3. The maximum Gasteiger partial charge on any atom is 0.303 e. The molecule has 1 aromatic rings. The first-order chi connectivity index (χ1) is 7.08. The van der Waals surface area contributed by atoms with Crippen LogP contribution in [0.4, 0.5) is 0 Å². The van der Waals surface area contributed by atoms with Crippen LogP contribution >= 0.6 is 0 Å². The highest BCUT2D eigenvalue weighted by Crippen LogP contribution is 2.07. The Hall–Kier alpha value is -1.35. The smallest absolute Gasteiger partial charge is 0.303 e. The summed E-state index contributed by atoms with van der Waals surface area (Å²) in [5.41, 5.74) is 8.21. The van der Waals surface area contributed by atoms with E-state index in [9.17, 15) is 4.79 Å². The van der Waals surface area contributed by atoms with E-state index >= 15 is 0 Å². The molecule has 0 saturated carbocycles. The molecule has 15 heavy (non-hydrogen) atoms. The number of carbonyl (C=O) groups is 1. The van der Waals surface area contributed by atoms with Gasteiger partial charge in [-0.2, -0.15) is 0 Å². The highest BCUT2D eigenvalue weighted by Gasteiger charge is 2.06. The molecule has 1 rings (SSSR count). The topological polar surface area (TPSA) is 63.3 Å². The summed E-state index contributed by atoms with van der Waals surface area (Å²) in [6, 6.07) is 8.09. The fraction of sp³-hybridized carbons (Fsp3) is 0.417. The fourth-order valence-electron chi connectivity index (χ4n) is 1.44. The molecular formula is C12H17NO2. The molecule has 3 nitrogen and oxygen atoms in total. The standard InChI is InChI=1S/C12H17NO2/c1-9-2-4-10(5-3-9)8-11(13)6-7-12(14)15/h2-5,11H,6-8,13H2,1H3,(H,14,15). The summed E-state index contributed by atoms with van der Waals surface area (Å²) >= 11 is 0. The van der Waals surface area contributed by atoms with E-state index in [0.29, 0.717) is 6.42 Å². The average molecular weight is 207 g/mol. The lowest BCUT2D eigenvalue weighted by Gasteiger charge is -2.10. The Morgan fingerprint density at radius 1 is 1.40 bits per heavy atom. The Balaban J connectivity index is 2.40. The van der Waals surface area contributed by atoms with Crippen molar-refractivity contribution in [2.24, 2.45) is 5.73 Å². The second kappa shape index (κ2) is 5.51. The predicted octanol–water partition coefficient (Wildman–Crippen LogP) is 1.73. The first-order valence-corrected chi connectivity index (χ1v) is 5.11. The van der Waals surface area contributed by atoms with Gasteiger partial charge in [-0.1, -0.05) is 29.8 Å². The third kappa shape index (κ3) is 4.61. The number of carboxylic acid groups (broad SMARTS) is 1. The fourth-order valence-corrected chi connectivity index (χ4v) is 1.44. The average Bonchev–Trinajstić information content (AvgIpc) is 2.19. The molecule has 0 aliphatic carbocycles. The van der Waals surface area contributed by atoms with Crippen molar-refractivity contribution >= 4 is 5.97 Å². The summed E-state index contributed by atoms with van der Waals surface area (Å²) < 4.78 is 0. The Morgan fingerprint density at radius 3 is 2.53 bits per heavy atom. The summed E-state index contributed by atoms with van der Waals surface area (Å²) in [7, 11) is 0. The van der Waals surface area contributed by atoms with Crippen LogP contribution in [0.5, 0.6) is 0 Å². The minimum Gasteiger partial charge on any atom is -0.481 e. The molecule has 3 N–H and O–H groups in total. The van der Waals surface area contributed by atoms with Crippen LogP contribution in [0.25, 0.3) is 0 Å². The molecule has 1 unspecified atom stereocenters. The highest BCUT2D eigenvalue weighted by atomic mass is 16.4. The molecular weight excluding hydrogens is 190 g/mol. The Bertz CT molecular complexity index is 319. The monoisotopic (exact) mass is 207 g/mol. The van der Waals surface area contributed by atoms with Crippen LogP contribution in [0.15, 0.2) is 24.3 Å². The molecule has 0 spiro atoms. The summed E-state index contributed by atoms with van der Waals surface area (Å²) in [6.45, 7) is 2.04. The zero-order valence-electron chi connectivity index (χ0n) is 8.94. The highest BCUT2D eigenvalue weighted by molar-refractivity contribution is 5.66. The Labute approximate surface area is 89.9 Å². The summed E-state index contributed by atoms with van der Waals surface area (Å²) in [6.07, 6.45) is 1.42. The van der Waals surface area contributed by atoms with Crippen LogP contribution in [0, 0.1) is 6.92 Å². The molecule has 0 aliphatic rings. The first kappa shape index (κ1) is 11.7. The maximum atomic E-state index is 10.3. The van der Waals surface area contributed by atoms with E-state index in [1.54, 1.807) is 0 Å². The number of nitrogens with two attached hydrogens (primary N) is 1. The van der Waals surface area contributed by atoms with E-state index in [0.717, 1.165) is 6.42 Å². The minimum atomic E-state index is -0.783. The first-order valence-electron chi connectivity index (χ1n) is 5.11. The van der Waals surface area contributed by atoms with Gasteiger partial charge in [0.2, 0.25) is 0 Å². The molecule has 82 valence electrons. The van der Waals surface area contributed by atoms with Gasteiger partial charge in [0.1, 0.15) is 0 Å². The predicted molar refractivity (Wildman–Crippen MR) is 59.7 cm³/mol. The SMILES string of the molecule is Cc1ccc(CC(N)CCC(=O)O)cc1. The van der Waals surface area contributed by atoms with E-state index in [1.807, 2.05) is 31.2 Å². The van der Waals surface area contributed by atoms with Gasteiger partial charge >= 0.3 is 5.97 Å². The molecule has 0 aromatic heterocycles. The van der Waals surface area contributed by atoms with Crippen LogP contribution in [0.2, 0.25) is 0 Å². The minimum absolute atomic E-state index is 0.0659. The third-order valence-electron chi connectivity index (χ3n) is 2.35. The van der Waals surface area contributed by atoms with E-state index < -0.39 is 5.97 Å². The van der Waals surface area contributed by atoms with E-state index in [2.05, 4.69) is 0 Å². The quantitative estimate of drug-likeness (QED) is 0.772. The lowest BCUT2D eigenvalue weighted by Crippen LogP contribution is -2.23. The summed E-state index contributed by atoms with van der Waals surface area (Å²) in [4.78, 5) is 10.3. The van der Waals surface area contributed by atoms with Gasteiger partial charge in [-0.15, -0.1) is 0 Å². The summed E-state index contributed by atoms with van der Waals surface area (Å²) in [5.74, 6) is -0.783. The summed E-state index contributed by atoms with van der Waals surface area (Å²) in [5, 5.41) is 8.51. The number of aryl methyl sites for hydroxylation is 1. The van der Waals surface area contributed by atoms with Crippen molar-refractivity contribution in [1.82, 2.24) is 0 Å². The number of rotatable bonds is 5. The van der Waals surface area contributed by atoms with Crippen molar-refractivity contribution in [3.63, 3.8) is 0 Å². The van der Waals surface area contributed by atoms with Crippen molar-refractivity contribution in [2.75, 3.05) is 0 Å². The second-order valence-electron chi connectivity index (χ2n) is 3.88. The van der Waals surface area contributed by atoms with E-state index in [-0.39, 0.29) is 12.5 Å². The lowest BCUT2D eigenvalue weighted by molar-refractivity contribution is -0.137. The third-order valence-corrected chi connectivity index (χ3v) is 2.35. The van der Waals surface area contributed by atoms with Crippen LogP contribution < -0.4 is 5.73 Å². The largest absolute Gasteiger partial charge is 0.481 e. The number of aliphatic carboxylic acids is 1. The molecule has 0 amide bonds. The van der Waals surface area contributed by atoms with Crippen molar-refractivity contribution < 1.29 is 9.90 Å². The van der Waals surface area contributed by atoms with Crippen LogP contribution in [0.1, 0.15) is 24.0 Å². The van der Waals surface area contributed by atoms with Crippen molar-refractivity contribution in [2.45, 2.75) is 32.2 Å². The molecule has 0 heterocycles. The number of hydrogen-bond donors (Lipinski definition) is 2. The van der Waals surface area contributed by atoms with Gasteiger partial charge in [0, 0.05) is 12.5 Å². The molecule has 1 aromatic carbocycles. The van der Waals surface area contributed by atoms with Gasteiger partial charge in [0.05, 0.1) is 0 Å². The van der Waals surface area contributed by atoms with Gasteiger partial charge < -0.3 is 10.8 Å². The van der Waals surface area contributed by atoms with Gasteiger partial charge in [0.25, 0.3) is 0 Å². The van der Waals surface area contributed by atoms with Crippen molar-refractivity contribution in [3.8, 4) is 0 Å². The molecule has 0 aliphatic heterocycles. The normalized spacial score (nSPS) is 12.4. The Morgan fingerprint density at radius 2 is 2.00 bits per heavy atom. The molecule has 1 atom stereocenters. The molecule has 0 fully saturated rings. The number of carboxylic acids is 1. The van der Waals surface area contributed by atoms with E-state index in [1.165, 1.54) is 11.1 Å². The van der Waals surface area contributed by atoms with Crippen molar-refractivity contribution in [1.29, 1.82) is 0 Å². The van der Waals surface area contributed by atoms with Crippen LogP contribution in [-0.4, -0.2) is 17.1 Å². The molecule has 3 heteroatoms. The number of benzene rings is 1. The molecule has 0 bridgehead atoms. The van der Waals surface area contributed by atoms with Crippen molar-refractivity contribution in [3.05, 3.63) is 35.4 Å². The number of hydrogen-bond acceptors (Lipinski definition) is 2. The van der Waals surface area contributed by atoms with Gasteiger partial charge in [-0.3, -0.25) is 4.79 Å². The molecule has 0 saturated heterocycles. The lowest BCUT2D eigenvalue weighted by atomic mass is 10.0. The van der Waals surface area contributed by atoms with Gasteiger partial charge in [-0.05, 0) is 25.3 Å². The zero-order valence-corrected chi connectivity index (χ0v) is 8.94. The maximum absolute atomic E-state index is 10.3. The second-order valence-corrected chi connectivity index (χ2v) is 3.88. The van der Waals surface area contributed by atoms with Gasteiger partial charge in [-0.25, -0.2) is 0 Å². The molecule has 0 radical (unpaired) electrons. The van der Waals surface area contributed by atoms with Gasteiger partial charge in [0.15, 0.2) is 0 Å². The Kier molecular flexibility index (Phi) is 4.31. The van der Waals surface area contributed by atoms with Crippen LogP contribution in [0.3, 0.4) is 0 Å². The van der Waals surface area contributed by atoms with Crippen LogP contribution in [-0.2, 0) is 11.2 Å².